The van der Waals surface area contributed by atoms with Crippen LogP contribution in [0.5, 0.6) is 0 Å². The largest absolute Gasteiger partial charge is 0.354 e. The van der Waals surface area contributed by atoms with Gasteiger partial charge in [0.15, 0.2) is 0 Å². The molecule has 2 N–H and O–H groups in total. The SMILES string of the molecule is CCCNc1nc(NC(C)C(C)C)nc(N2CCCC2)n1. The van der Waals surface area contributed by atoms with Gasteiger partial charge in [-0.05, 0) is 32.1 Å². The van der Waals surface area contributed by atoms with Crippen LogP contribution in [0.15, 0.2) is 0 Å². The van der Waals surface area contributed by atoms with Gasteiger partial charge in [-0.1, -0.05) is 20.8 Å². The van der Waals surface area contributed by atoms with Gasteiger partial charge < -0.3 is 15.5 Å². The van der Waals surface area contributed by atoms with Crippen LogP contribution in [0.25, 0.3) is 0 Å². The van der Waals surface area contributed by atoms with E-state index in [4.69, 9.17) is 0 Å². The van der Waals surface area contributed by atoms with Gasteiger partial charge in [-0.2, -0.15) is 15.0 Å². The van der Waals surface area contributed by atoms with Crippen molar-refractivity contribution in [3.8, 4) is 0 Å². The van der Waals surface area contributed by atoms with Gasteiger partial charge >= 0.3 is 0 Å². The van der Waals surface area contributed by atoms with Crippen molar-refractivity contribution >= 4 is 17.8 Å². The number of hydrogen-bond donors (Lipinski definition) is 2. The molecule has 0 spiro atoms. The molecule has 0 amide bonds. The molecule has 1 aliphatic rings. The lowest BCUT2D eigenvalue weighted by atomic mass is 10.1. The van der Waals surface area contributed by atoms with Gasteiger partial charge in [0.25, 0.3) is 0 Å². The fraction of sp³-hybridized carbons (Fsp3) is 0.800. The lowest BCUT2D eigenvalue weighted by Crippen LogP contribution is -2.26. The second kappa shape index (κ2) is 7.43. The summed E-state index contributed by atoms with van der Waals surface area (Å²) in [5.74, 6) is 2.67. The highest BCUT2D eigenvalue weighted by Crippen LogP contribution is 2.19. The Balaban J connectivity index is 2.18. The van der Waals surface area contributed by atoms with Gasteiger partial charge in [0.05, 0.1) is 0 Å². The van der Waals surface area contributed by atoms with E-state index in [9.17, 15) is 0 Å². The summed E-state index contributed by atoms with van der Waals surface area (Å²) in [6.45, 7) is 11.6. The quantitative estimate of drug-likeness (QED) is 0.805. The molecule has 1 atom stereocenters. The van der Waals surface area contributed by atoms with E-state index < -0.39 is 0 Å². The molecule has 118 valence electrons. The predicted molar refractivity (Wildman–Crippen MR) is 88.0 cm³/mol. The Morgan fingerprint density at radius 3 is 2.33 bits per heavy atom. The van der Waals surface area contributed by atoms with Crippen LogP contribution >= 0.6 is 0 Å². The molecule has 0 radical (unpaired) electrons. The van der Waals surface area contributed by atoms with Crippen LogP contribution in [0, 0.1) is 5.92 Å². The first kappa shape index (κ1) is 15.8. The molecule has 0 saturated carbocycles. The fourth-order valence-electron chi connectivity index (χ4n) is 2.17. The maximum Gasteiger partial charge on any atom is 0.231 e. The number of rotatable bonds is 7. The molecule has 2 rings (SSSR count). The van der Waals surface area contributed by atoms with Crippen LogP contribution in [0.4, 0.5) is 17.8 Å². The number of nitrogens with zero attached hydrogens (tertiary/aromatic N) is 4. The molecule has 6 heteroatoms. The Kier molecular flexibility index (Phi) is 5.59. The Bertz CT molecular complexity index is 442. The molecule has 1 unspecified atom stereocenters. The van der Waals surface area contributed by atoms with Crippen molar-refractivity contribution in [2.75, 3.05) is 35.2 Å². The molecule has 0 aliphatic carbocycles. The molecular formula is C15H28N6. The lowest BCUT2D eigenvalue weighted by molar-refractivity contribution is 0.556. The summed E-state index contributed by atoms with van der Waals surface area (Å²) in [4.78, 5) is 15.9. The van der Waals surface area contributed by atoms with E-state index in [1.807, 2.05) is 0 Å². The molecule has 1 saturated heterocycles. The van der Waals surface area contributed by atoms with Crippen LogP contribution < -0.4 is 15.5 Å². The van der Waals surface area contributed by atoms with Crippen LogP contribution in [0.2, 0.25) is 0 Å². The van der Waals surface area contributed by atoms with Crippen LogP contribution in [0.3, 0.4) is 0 Å². The number of aromatic nitrogens is 3. The van der Waals surface area contributed by atoms with Crippen molar-refractivity contribution < 1.29 is 0 Å². The maximum absolute atomic E-state index is 4.60. The molecule has 2 heterocycles. The molecule has 1 aromatic heterocycles. The lowest BCUT2D eigenvalue weighted by Gasteiger charge is -2.20. The third-order valence-electron chi connectivity index (χ3n) is 3.90. The minimum absolute atomic E-state index is 0.331. The van der Waals surface area contributed by atoms with E-state index in [0.717, 1.165) is 32.0 Å². The van der Waals surface area contributed by atoms with E-state index in [1.165, 1.54) is 12.8 Å². The van der Waals surface area contributed by atoms with Crippen LogP contribution in [0.1, 0.15) is 47.0 Å². The first-order chi connectivity index (χ1) is 10.1. The third kappa shape index (κ3) is 4.44. The molecule has 0 bridgehead atoms. The van der Waals surface area contributed by atoms with Gasteiger partial charge in [0.2, 0.25) is 17.8 Å². The topological polar surface area (TPSA) is 66.0 Å². The highest BCUT2D eigenvalue weighted by Gasteiger charge is 2.18. The summed E-state index contributed by atoms with van der Waals surface area (Å²) >= 11 is 0. The van der Waals surface area contributed by atoms with Crippen molar-refractivity contribution in [1.29, 1.82) is 0 Å². The fourth-order valence-corrected chi connectivity index (χ4v) is 2.17. The average Bonchev–Trinajstić information content (AvgIpc) is 2.99. The highest BCUT2D eigenvalue weighted by atomic mass is 15.3. The number of nitrogens with one attached hydrogen (secondary N) is 2. The molecule has 1 aliphatic heterocycles. The first-order valence-corrected chi connectivity index (χ1v) is 8.11. The van der Waals surface area contributed by atoms with Gasteiger partial charge in [-0.25, -0.2) is 0 Å². The van der Waals surface area contributed by atoms with Gasteiger partial charge in [-0.3, -0.25) is 0 Å². The zero-order valence-electron chi connectivity index (χ0n) is 13.7. The average molecular weight is 292 g/mol. The summed E-state index contributed by atoms with van der Waals surface area (Å²) in [6.07, 6.45) is 3.49. The Hall–Kier alpha value is -1.59. The number of hydrogen-bond acceptors (Lipinski definition) is 6. The second-order valence-electron chi connectivity index (χ2n) is 6.08. The monoisotopic (exact) mass is 292 g/mol. The smallest absolute Gasteiger partial charge is 0.231 e. The van der Waals surface area contributed by atoms with E-state index in [2.05, 4.69) is 58.2 Å². The molecule has 1 aromatic rings. The zero-order valence-corrected chi connectivity index (χ0v) is 13.7. The van der Waals surface area contributed by atoms with E-state index in [0.29, 0.717) is 23.9 Å². The minimum atomic E-state index is 0.331. The summed E-state index contributed by atoms with van der Waals surface area (Å²) < 4.78 is 0. The minimum Gasteiger partial charge on any atom is -0.354 e. The van der Waals surface area contributed by atoms with Crippen molar-refractivity contribution in [2.24, 2.45) is 5.92 Å². The van der Waals surface area contributed by atoms with E-state index in [-0.39, 0.29) is 0 Å². The Labute approximate surface area is 127 Å². The molecule has 0 aromatic carbocycles. The van der Waals surface area contributed by atoms with Crippen molar-refractivity contribution in [2.45, 2.75) is 53.0 Å². The summed E-state index contributed by atoms with van der Waals surface area (Å²) in [5.41, 5.74) is 0. The third-order valence-corrected chi connectivity index (χ3v) is 3.90. The molecule has 6 nitrogen and oxygen atoms in total. The van der Waals surface area contributed by atoms with Gasteiger partial charge in [-0.15, -0.1) is 0 Å². The van der Waals surface area contributed by atoms with Crippen LogP contribution in [-0.4, -0.2) is 40.6 Å². The van der Waals surface area contributed by atoms with Gasteiger partial charge in [0, 0.05) is 25.7 Å². The normalized spacial score (nSPS) is 16.3. The second-order valence-corrected chi connectivity index (χ2v) is 6.08. The highest BCUT2D eigenvalue weighted by molar-refractivity contribution is 5.44. The van der Waals surface area contributed by atoms with E-state index in [1.54, 1.807) is 0 Å². The van der Waals surface area contributed by atoms with Gasteiger partial charge in [0.1, 0.15) is 0 Å². The Morgan fingerprint density at radius 2 is 1.71 bits per heavy atom. The molecular weight excluding hydrogens is 264 g/mol. The molecule has 1 fully saturated rings. The first-order valence-electron chi connectivity index (χ1n) is 8.11. The van der Waals surface area contributed by atoms with Crippen molar-refractivity contribution in [1.82, 2.24) is 15.0 Å². The number of anilines is 3. The van der Waals surface area contributed by atoms with E-state index >= 15 is 0 Å². The molecule has 21 heavy (non-hydrogen) atoms. The van der Waals surface area contributed by atoms with Crippen molar-refractivity contribution in [3.05, 3.63) is 0 Å². The summed E-state index contributed by atoms with van der Waals surface area (Å²) in [6, 6.07) is 0.331. The summed E-state index contributed by atoms with van der Waals surface area (Å²) in [5, 5.41) is 6.67. The predicted octanol–water partition coefficient (Wildman–Crippen LogP) is 2.75. The maximum atomic E-state index is 4.60. The van der Waals surface area contributed by atoms with Crippen LogP contribution in [-0.2, 0) is 0 Å². The zero-order chi connectivity index (χ0) is 15.2. The van der Waals surface area contributed by atoms with Crippen molar-refractivity contribution in [3.63, 3.8) is 0 Å². The standard InChI is InChI=1S/C15H28N6/c1-5-8-16-13-18-14(17-12(4)11(2)3)20-15(19-13)21-9-6-7-10-21/h11-12H,5-10H2,1-4H3,(H2,16,17,18,19,20). The summed E-state index contributed by atoms with van der Waals surface area (Å²) in [7, 11) is 0. The Morgan fingerprint density at radius 1 is 1.05 bits per heavy atom.